The molecule has 0 aromatic heterocycles. The van der Waals surface area contributed by atoms with Crippen molar-refractivity contribution in [3.63, 3.8) is 0 Å². The molecule has 23 heavy (non-hydrogen) atoms. The molecule has 0 saturated carbocycles. The second kappa shape index (κ2) is 5.79. The molecular weight excluding hydrogens is 296 g/mol. The molecule has 0 aliphatic carbocycles. The number of nitrogens with zero attached hydrogens (tertiary/aromatic N) is 1. The van der Waals surface area contributed by atoms with Gasteiger partial charge in [-0.2, -0.15) is 5.48 Å². The number of hydrogen-bond donors (Lipinski definition) is 1. The molecule has 1 aromatic carbocycles. The lowest BCUT2D eigenvalue weighted by Crippen LogP contribution is -2.69. The van der Waals surface area contributed by atoms with Crippen LogP contribution in [0.5, 0.6) is 0 Å². The quantitative estimate of drug-likeness (QED) is 0.676. The fourth-order valence-electron chi connectivity index (χ4n) is 3.62. The zero-order chi connectivity index (χ0) is 16.6. The first kappa shape index (κ1) is 15.7. The van der Waals surface area contributed by atoms with Crippen molar-refractivity contribution in [1.29, 1.82) is 0 Å². The van der Waals surface area contributed by atoms with Crippen molar-refractivity contribution < 1.29 is 19.2 Å². The molecule has 0 spiro atoms. The van der Waals surface area contributed by atoms with Gasteiger partial charge in [0.15, 0.2) is 5.54 Å². The molecule has 2 heterocycles. The lowest BCUT2D eigenvalue weighted by Gasteiger charge is -2.45. The van der Waals surface area contributed by atoms with Crippen molar-refractivity contribution in [3.8, 4) is 0 Å². The third-order valence-electron chi connectivity index (χ3n) is 4.53. The van der Waals surface area contributed by atoms with Crippen molar-refractivity contribution in [2.24, 2.45) is 0 Å². The Kier molecular flexibility index (Phi) is 3.95. The Hall–Kier alpha value is -2.18. The van der Waals surface area contributed by atoms with Crippen LogP contribution in [0, 0.1) is 0 Å². The predicted molar refractivity (Wildman–Crippen MR) is 85.5 cm³/mol. The summed E-state index contributed by atoms with van der Waals surface area (Å²) < 4.78 is 5.32. The molecule has 1 saturated heterocycles. The lowest BCUT2D eigenvalue weighted by atomic mass is 9.77. The van der Waals surface area contributed by atoms with Gasteiger partial charge in [-0.3, -0.25) is 9.69 Å². The molecule has 1 amide bonds. The molecule has 1 N–H and O–H groups in total. The number of carbonyl (C=O) groups is 2. The number of hydroxylamine groups is 1. The van der Waals surface area contributed by atoms with E-state index in [2.05, 4.69) is 12.1 Å². The third kappa shape index (κ3) is 2.02. The minimum atomic E-state index is -1.30. The van der Waals surface area contributed by atoms with Crippen molar-refractivity contribution in [1.82, 2.24) is 5.48 Å². The monoisotopic (exact) mass is 316 g/mol. The summed E-state index contributed by atoms with van der Waals surface area (Å²) in [5.74, 6) is -0.595. The molecule has 6 nitrogen and oxygen atoms in total. The standard InChI is InChI=1S/C17H20N2O4/c1-4-23-16(21)17-11(2)12-7-5-6-8-13(12)19(17)15(20)10-9-14(17)18-22-3/h5-8,14,18H,2,4,9-10H2,1,3H3/t14-,17-/m0/s1. The topological polar surface area (TPSA) is 67.9 Å². The van der Waals surface area contributed by atoms with E-state index in [1.807, 2.05) is 24.3 Å². The van der Waals surface area contributed by atoms with E-state index in [4.69, 9.17) is 9.57 Å². The summed E-state index contributed by atoms with van der Waals surface area (Å²) in [4.78, 5) is 32.2. The number of para-hydroxylation sites is 1. The van der Waals surface area contributed by atoms with Gasteiger partial charge in [0.05, 0.1) is 25.4 Å². The van der Waals surface area contributed by atoms with Gasteiger partial charge in [-0.25, -0.2) is 4.79 Å². The summed E-state index contributed by atoms with van der Waals surface area (Å²) in [5.41, 5.74) is 3.61. The van der Waals surface area contributed by atoms with Crippen LogP contribution >= 0.6 is 0 Å². The van der Waals surface area contributed by atoms with Crippen molar-refractivity contribution >= 4 is 23.1 Å². The van der Waals surface area contributed by atoms with Gasteiger partial charge in [-0.05, 0) is 25.0 Å². The number of benzene rings is 1. The fraction of sp³-hybridized carbons (Fsp3) is 0.412. The molecule has 0 unspecified atom stereocenters. The highest BCUT2D eigenvalue weighted by Crippen LogP contribution is 2.51. The average Bonchev–Trinajstić information content (AvgIpc) is 2.82. The highest BCUT2D eigenvalue weighted by molar-refractivity contribution is 6.17. The Morgan fingerprint density at radius 1 is 1.48 bits per heavy atom. The molecule has 6 heteroatoms. The van der Waals surface area contributed by atoms with E-state index in [9.17, 15) is 9.59 Å². The molecule has 3 rings (SSSR count). The first-order valence-electron chi connectivity index (χ1n) is 7.66. The van der Waals surface area contributed by atoms with E-state index in [0.29, 0.717) is 24.1 Å². The minimum Gasteiger partial charge on any atom is -0.464 e. The number of anilines is 1. The highest BCUT2D eigenvalue weighted by atomic mass is 16.6. The number of fused-ring (bicyclic) bond motifs is 3. The number of rotatable bonds is 4. The van der Waals surface area contributed by atoms with Crippen LogP contribution in [-0.2, 0) is 19.2 Å². The minimum absolute atomic E-state index is 0.113. The maximum Gasteiger partial charge on any atom is 0.338 e. The number of hydrogen-bond acceptors (Lipinski definition) is 5. The number of ether oxygens (including phenoxy) is 1. The Morgan fingerprint density at radius 3 is 2.91 bits per heavy atom. The summed E-state index contributed by atoms with van der Waals surface area (Å²) in [6, 6.07) is 6.98. The van der Waals surface area contributed by atoms with E-state index in [1.54, 1.807) is 6.92 Å². The van der Waals surface area contributed by atoms with Crippen molar-refractivity contribution in [2.45, 2.75) is 31.3 Å². The van der Waals surface area contributed by atoms with E-state index in [1.165, 1.54) is 12.0 Å². The van der Waals surface area contributed by atoms with Gasteiger partial charge in [0.1, 0.15) is 0 Å². The van der Waals surface area contributed by atoms with Crippen LogP contribution in [-0.4, -0.2) is 37.2 Å². The number of esters is 1. The van der Waals surface area contributed by atoms with Crippen LogP contribution in [0.2, 0.25) is 0 Å². The largest absolute Gasteiger partial charge is 0.464 e. The Balaban J connectivity index is 2.22. The van der Waals surface area contributed by atoms with Crippen LogP contribution in [0.1, 0.15) is 25.3 Å². The van der Waals surface area contributed by atoms with Crippen molar-refractivity contribution in [2.75, 3.05) is 18.6 Å². The molecule has 0 radical (unpaired) electrons. The summed E-state index contributed by atoms with van der Waals surface area (Å²) in [5, 5.41) is 0. The lowest BCUT2D eigenvalue weighted by molar-refractivity contribution is -0.152. The maximum absolute atomic E-state index is 12.9. The van der Waals surface area contributed by atoms with Gasteiger partial charge in [-0.1, -0.05) is 24.8 Å². The maximum atomic E-state index is 12.9. The molecule has 2 aliphatic heterocycles. The van der Waals surface area contributed by atoms with Gasteiger partial charge >= 0.3 is 5.97 Å². The van der Waals surface area contributed by atoms with Gasteiger partial charge < -0.3 is 9.57 Å². The number of amides is 1. The first-order chi connectivity index (χ1) is 11.1. The SMILES string of the molecule is C=C1c2ccccc2N2C(=O)CC[C@H](NOC)[C@]12C(=O)OCC. The highest BCUT2D eigenvalue weighted by Gasteiger charge is 2.62. The summed E-state index contributed by atoms with van der Waals surface area (Å²) in [7, 11) is 1.49. The van der Waals surface area contributed by atoms with Gasteiger partial charge in [0.2, 0.25) is 5.91 Å². The first-order valence-corrected chi connectivity index (χ1v) is 7.66. The Bertz CT molecular complexity index is 672. The molecule has 1 fully saturated rings. The van der Waals surface area contributed by atoms with Crippen LogP contribution in [0.3, 0.4) is 0 Å². The van der Waals surface area contributed by atoms with Crippen LogP contribution in [0.25, 0.3) is 5.57 Å². The van der Waals surface area contributed by atoms with Crippen LogP contribution < -0.4 is 10.4 Å². The van der Waals surface area contributed by atoms with Gasteiger partial charge in [0, 0.05) is 12.0 Å². The van der Waals surface area contributed by atoms with E-state index < -0.39 is 17.6 Å². The molecule has 2 atom stereocenters. The summed E-state index contributed by atoms with van der Waals surface area (Å²) >= 11 is 0. The number of carbonyl (C=O) groups excluding carboxylic acids is 2. The Morgan fingerprint density at radius 2 is 2.22 bits per heavy atom. The fourth-order valence-corrected chi connectivity index (χ4v) is 3.62. The van der Waals surface area contributed by atoms with Crippen molar-refractivity contribution in [3.05, 3.63) is 36.4 Å². The predicted octanol–water partition coefficient (Wildman–Crippen LogP) is 1.66. The number of nitrogens with one attached hydrogen (secondary N) is 1. The zero-order valence-corrected chi connectivity index (χ0v) is 13.3. The van der Waals surface area contributed by atoms with Crippen LogP contribution in [0.15, 0.2) is 30.8 Å². The van der Waals surface area contributed by atoms with E-state index in [-0.39, 0.29) is 12.5 Å². The molecule has 122 valence electrons. The second-order valence-electron chi connectivity index (χ2n) is 5.62. The third-order valence-corrected chi connectivity index (χ3v) is 4.53. The van der Waals surface area contributed by atoms with E-state index in [0.717, 1.165) is 5.56 Å². The molecular formula is C17H20N2O4. The zero-order valence-electron chi connectivity index (χ0n) is 13.3. The average molecular weight is 316 g/mol. The van der Waals surface area contributed by atoms with E-state index >= 15 is 0 Å². The molecule has 2 aliphatic rings. The Labute approximate surface area is 135 Å². The smallest absolute Gasteiger partial charge is 0.338 e. The van der Waals surface area contributed by atoms with Gasteiger partial charge in [0.25, 0.3) is 0 Å². The summed E-state index contributed by atoms with van der Waals surface area (Å²) in [6.45, 7) is 6.10. The summed E-state index contributed by atoms with van der Waals surface area (Å²) in [6.07, 6.45) is 0.790. The number of piperidine rings is 1. The normalized spacial score (nSPS) is 26.0. The van der Waals surface area contributed by atoms with Gasteiger partial charge in [-0.15, -0.1) is 0 Å². The molecule has 0 bridgehead atoms. The van der Waals surface area contributed by atoms with Crippen LogP contribution in [0.4, 0.5) is 5.69 Å². The second-order valence-corrected chi connectivity index (χ2v) is 5.62. The molecule has 1 aromatic rings.